The first kappa shape index (κ1) is 17.1. The monoisotopic (exact) mass is 293 g/mol. The average molecular weight is 293 g/mol. The highest BCUT2D eigenvalue weighted by Crippen LogP contribution is 2.26. The molecule has 118 valence electrons. The van der Waals surface area contributed by atoms with Crippen LogP contribution in [0.2, 0.25) is 0 Å². The van der Waals surface area contributed by atoms with E-state index in [0.29, 0.717) is 19.0 Å². The van der Waals surface area contributed by atoms with Crippen molar-refractivity contribution in [1.82, 2.24) is 10.6 Å². The zero-order valence-corrected chi connectivity index (χ0v) is 12.2. The topological polar surface area (TPSA) is 36.4 Å². The zero-order valence-electron chi connectivity index (χ0n) is 12.2. The van der Waals surface area contributed by atoms with Crippen molar-refractivity contribution in [2.45, 2.75) is 58.0 Å². The SMILES string of the molecule is CCNC(=NCCC1CCCCC1)NCCC(F)(F)F. The molecule has 20 heavy (non-hydrogen) atoms. The second kappa shape index (κ2) is 9.08. The molecule has 1 aliphatic rings. The largest absolute Gasteiger partial charge is 0.390 e. The Hall–Kier alpha value is -0.940. The van der Waals surface area contributed by atoms with Gasteiger partial charge in [-0.1, -0.05) is 32.1 Å². The van der Waals surface area contributed by atoms with Crippen LogP contribution in [0.5, 0.6) is 0 Å². The molecule has 0 amide bonds. The van der Waals surface area contributed by atoms with Crippen LogP contribution in [0.15, 0.2) is 4.99 Å². The lowest BCUT2D eigenvalue weighted by Gasteiger charge is -2.20. The molecule has 0 saturated heterocycles. The van der Waals surface area contributed by atoms with Crippen LogP contribution >= 0.6 is 0 Å². The molecule has 0 spiro atoms. The van der Waals surface area contributed by atoms with E-state index in [1.165, 1.54) is 32.1 Å². The van der Waals surface area contributed by atoms with Gasteiger partial charge in [-0.05, 0) is 19.3 Å². The van der Waals surface area contributed by atoms with Crippen LogP contribution in [-0.4, -0.2) is 31.8 Å². The van der Waals surface area contributed by atoms with E-state index >= 15 is 0 Å². The summed E-state index contributed by atoms with van der Waals surface area (Å²) in [5.41, 5.74) is 0. The molecule has 0 unspecified atom stereocenters. The van der Waals surface area contributed by atoms with Gasteiger partial charge in [0.15, 0.2) is 5.96 Å². The number of nitrogens with one attached hydrogen (secondary N) is 2. The lowest BCUT2D eigenvalue weighted by Crippen LogP contribution is -2.39. The van der Waals surface area contributed by atoms with Crippen molar-refractivity contribution in [2.75, 3.05) is 19.6 Å². The highest BCUT2D eigenvalue weighted by molar-refractivity contribution is 5.79. The van der Waals surface area contributed by atoms with E-state index in [1.54, 1.807) is 0 Å². The van der Waals surface area contributed by atoms with Crippen molar-refractivity contribution in [3.05, 3.63) is 0 Å². The minimum Gasteiger partial charge on any atom is -0.357 e. The lowest BCUT2D eigenvalue weighted by molar-refractivity contribution is -0.132. The van der Waals surface area contributed by atoms with Crippen molar-refractivity contribution >= 4 is 5.96 Å². The molecule has 1 fully saturated rings. The molecular formula is C14H26F3N3. The number of halogens is 3. The summed E-state index contributed by atoms with van der Waals surface area (Å²) >= 11 is 0. The van der Waals surface area contributed by atoms with Gasteiger partial charge in [-0.3, -0.25) is 4.99 Å². The van der Waals surface area contributed by atoms with Gasteiger partial charge in [0, 0.05) is 19.6 Å². The quantitative estimate of drug-likeness (QED) is 0.581. The molecule has 0 radical (unpaired) electrons. The Morgan fingerprint density at radius 2 is 1.85 bits per heavy atom. The first-order valence-electron chi connectivity index (χ1n) is 7.60. The molecular weight excluding hydrogens is 267 g/mol. The summed E-state index contributed by atoms with van der Waals surface area (Å²) in [6.45, 7) is 3.12. The third-order valence-electron chi connectivity index (χ3n) is 3.58. The molecule has 0 aromatic carbocycles. The summed E-state index contributed by atoms with van der Waals surface area (Å²) in [7, 11) is 0. The Labute approximate surface area is 119 Å². The van der Waals surface area contributed by atoms with E-state index < -0.39 is 12.6 Å². The molecule has 0 atom stereocenters. The normalized spacial score (nSPS) is 18.1. The van der Waals surface area contributed by atoms with Crippen molar-refractivity contribution < 1.29 is 13.2 Å². The number of aliphatic imine (C=N–C) groups is 1. The number of hydrogen-bond acceptors (Lipinski definition) is 1. The van der Waals surface area contributed by atoms with Gasteiger partial charge in [-0.15, -0.1) is 0 Å². The second-order valence-corrected chi connectivity index (χ2v) is 5.35. The van der Waals surface area contributed by atoms with Crippen LogP contribution in [0.3, 0.4) is 0 Å². The number of nitrogens with zero attached hydrogens (tertiary/aromatic N) is 1. The third-order valence-corrected chi connectivity index (χ3v) is 3.58. The first-order valence-corrected chi connectivity index (χ1v) is 7.60. The molecule has 0 aromatic rings. The molecule has 6 heteroatoms. The fraction of sp³-hybridized carbons (Fsp3) is 0.929. The fourth-order valence-electron chi connectivity index (χ4n) is 2.50. The molecule has 0 bridgehead atoms. The van der Waals surface area contributed by atoms with Crippen molar-refractivity contribution in [1.29, 1.82) is 0 Å². The van der Waals surface area contributed by atoms with Crippen LogP contribution in [0.1, 0.15) is 51.9 Å². The standard InChI is InChI=1S/C14H26F3N3/c1-2-18-13(20-11-9-14(15,16)17)19-10-8-12-6-4-3-5-7-12/h12H,2-11H2,1H3,(H2,18,19,20). The molecule has 3 nitrogen and oxygen atoms in total. The summed E-state index contributed by atoms with van der Waals surface area (Å²) in [5.74, 6) is 1.23. The van der Waals surface area contributed by atoms with Gasteiger partial charge in [-0.2, -0.15) is 13.2 Å². The molecule has 1 aliphatic carbocycles. The molecule has 1 saturated carbocycles. The molecule has 1 rings (SSSR count). The Morgan fingerprint density at radius 3 is 2.45 bits per heavy atom. The minimum absolute atomic E-state index is 0.126. The van der Waals surface area contributed by atoms with Crippen molar-refractivity contribution in [2.24, 2.45) is 10.9 Å². The molecule has 0 aliphatic heterocycles. The van der Waals surface area contributed by atoms with Crippen LogP contribution in [-0.2, 0) is 0 Å². The van der Waals surface area contributed by atoms with Gasteiger partial charge < -0.3 is 10.6 Å². The molecule has 0 aromatic heterocycles. The molecule has 2 N–H and O–H groups in total. The number of hydrogen-bond donors (Lipinski definition) is 2. The predicted molar refractivity (Wildman–Crippen MR) is 75.8 cm³/mol. The number of guanidine groups is 1. The van der Waals surface area contributed by atoms with Gasteiger partial charge in [-0.25, -0.2) is 0 Å². The van der Waals surface area contributed by atoms with Crippen LogP contribution in [0, 0.1) is 5.92 Å². The smallest absolute Gasteiger partial charge is 0.357 e. The first-order chi connectivity index (χ1) is 9.51. The summed E-state index contributed by atoms with van der Waals surface area (Å²) < 4.78 is 36.3. The van der Waals surface area contributed by atoms with E-state index in [-0.39, 0.29) is 6.54 Å². The molecule has 0 heterocycles. The maximum Gasteiger partial charge on any atom is 0.390 e. The van der Waals surface area contributed by atoms with E-state index in [1.807, 2.05) is 6.92 Å². The Balaban J connectivity index is 2.26. The van der Waals surface area contributed by atoms with Gasteiger partial charge >= 0.3 is 6.18 Å². The summed E-state index contributed by atoms with van der Waals surface area (Å²) in [4.78, 5) is 4.35. The maximum atomic E-state index is 12.1. The Bertz CT molecular complexity index is 284. The van der Waals surface area contributed by atoms with Crippen LogP contribution in [0.25, 0.3) is 0 Å². The lowest BCUT2D eigenvalue weighted by atomic mass is 9.87. The Kier molecular flexibility index (Phi) is 7.77. The predicted octanol–water partition coefficient (Wildman–Crippen LogP) is 3.46. The highest BCUT2D eigenvalue weighted by atomic mass is 19.4. The van der Waals surface area contributed by atoms with E-state index in [2.05, 4.69) is 15.6 Å². The van der Waals surface area contributed by atoms with E-state index in [4.69, 9.17) is 0 Å². The minimum atomic E-state index is -4.12. The fourth-order valence-corrected chi connectivity index (χ4v) is 2.50. The second-order valence-electron chi connectivity index (χ2n) is 5.35. The van der Waals surface area contributed by atoms with Gasteiger partial charge in [0.2, 0.25) is 0 Å². The van der Waals surface area contributed by atoms with E-state index in [0.717, 1.165) is 12.3 Å². The summed E-state index contributed by atoms with van der Waals surface area (Å²) in [6.07, 6.45) is 2.57. The van der Waals surface area contributed by atoms with Gasteiger partial charge in [0.25, 0.3) is 0 Å². The Morgan fingerprint density at radius 1 is 1.15 bits per heavy atom. The summed E-state index contributed by atoms with van der Waals surface area (Å²) in [5, 5.41) is 5.71. The third kappa shape index (κ3) is 8.27. The van der Waals surface area contributed by atoms with Crippen LogP contribution < -0.4 is 10.6 Å². The number of alkyl halides is 3. The number of rotatable bonds is 6. The zero-order chi connectivity index (χ0) is 14.8. The van der Waals surface area contributed by atoms with Crippen LogP contribution in [0.4, 0.5) is 13.2 Å². The highest BCUT2D eigenvalue weighted by Gasteiger charge is 2.26. The van der Waals surface area contributed by atoms with Gasteiger partial charge in [0.05, 0.1) is 6.42 Å². The maximum absolute atomic E-state index is 12.1. The average Bonchev–Trinajstić information content (AvgIpc) is 2.38. The van der Waals surface area contributed by atoms with Crippen molar-refractivity contribution in [3.8, 4) is 0 Å². The van der Waals surface area contributed by atoms with E-state index in [9.17, 15) is 13.2 Å². The van der Waals surface area contributed by atoms with Crippen molar-refractivity contribution in [3.63, 3.8) is 0 Å². The van der Waals surface area contributed by atoms with Gasteiger partial charge in [0.1, 0.15) is 0 Å². The summed E-state index contributed by atoms with van der Waals surface area (Å²) in [6, 6.07) is 0.